The number of carbonyl (C=O) groups is 1. The van der Waals surface area contributed by atoms with Gasteiger partial charge in [-0.2, -0.15) is 0 Å². The lowest BCUT2D eigenvalue weighted by molar-refractivity contribution is 0.0818. The van der Waals surface area contributed by atoms with Crippen LogP contribution in [0.25, 0.3) is 0 Å². The third-order valence-corrected chi connectivity index (χ3v) is 3.96. The molecule has 0 saturated carbocycles. The van der Waals surface area contributed by atoms with Crippen LogP contribution in [0.15, 0.2) is 48.1 Å². The molecule has 2 aromatic heterocycles. The van der Waals surface area contributed by atoms with E-state index in [-0.39, 0.29) is 5.91 Å². The topological polar surface area (TPSA) is 89.0 Å². The van der Waals surface area contributed by atoms with Gasteiger partial charge < -0.3 is 10.1 Å². The van der Waals surface area contributed by atoms with Gasteiger partial charge in [-0.3, -0.25) is 10.1 Å². The average molecular weight is 391 g/mol. The molecule has 0 spiro atoms. The Hall–Kier alpha value is -3.14. The Morgan fingerprint density at radius 3 is 2.85 bits per heavy atom. The molecule has 7 nitrogen and oxygen atoms in total. The lowest BCUT2D eigenvalue weighted by Crippen LogP contribution is -2.12. The number of rotatable bonds is 8. The molecule has 0 aliphatic rings. The van der Waals surface area contributed by atoms with Gasteiger partial charge in [-0.05, 0) is 29.8 Å². The summed E-state index contributed by atoms with van der Waals surface area (Å²) in [5, 5.41) is 13.5. The minimum atomic E-state index is -2.52. The van der Waals surface area contributed by atoms with Crippen LogP contribution in [0.2, 0.25) is 0 Å². The fourth-order valence-electron chi connectivity index (χ4n) is 2.13. The number of pyridine rings is 1. The molecule has 1 aromatic carbocycles. The lowest BCUT2D eigenvalue weighted by Gasteiger charge is -2.09. The van der Waals surface area contributed by atoms with Crippen molar-refractivity contribution in [2.24, 2.45) is 0 Å². The third kappa shape index (κ3) is 5.68. The number of aromatic nitrogens is 3. The Bertz CT molecular complexity index is 875. The number of halogens is 2. The van der Waals surface area contributed by atoms with Crippen molar-refractivity contribution in [3.8, 4) is 5.75 Å². The number of benzene rings is 1. The number of hydrogen-bond acceptors (Lipinski definition) is 7. The van der Waals surface area contributed by atoms with E-state index >= 15 is 0 Å². The highest BCUT2D eigenvalue weighted by Crippen LogP contribution is 2.16. The molecule has 27 heavy (non-hydrogen) atoms. The summed E-state index contributed by atoms with van der Waals surface area (Å²) in [6.45, 7) is -0.214. The molecule has 0 saturated heterocycles. The summed E-state index contributed by atoms with van der Waals surface area (Å²) in [6.07, 6.45) is -1.07. The van der Waals surface area contributed by atoms with E-state index in [0.717, 1.165) is 5.56 Å². The Kier molecular flexibility index (Phi) is 6.21. The maximum Gasteiger partial charge on any atom is 0.272 e. The molecule has 10 heteroatoms. The minimum absolute atomic E-state index is 0.324. The number of amides is 1. The number of carbonyl (C=O) groups excluding carboxylic acids is 1. The van der Waals surface area contributed by atoms with E-state index < -0.39 is 13.0 Å². The third-order valence-electron chi connectivity index (χ3n) is 3.35. The van der Waals surface area contributed by atoms with Crippen LogP contribution in [0.1, 0.15) is 15.9 Å². The monoisotopic (exact) mass is 391 g/mol. The first kappa shape index (κ1) is 18.6. The number of hydrogen-bond donors (Lipinski definition) is 2. The Morgan fingerprint density at radius 2 is 2.15 bits per heavy atom. The summed E-state index contributed by atoms with van der Waals surface area (Å²) >= 11 is 1.22. The predicted octanol–water partition coefficient (Wildman–Crippen LogP) is 3.44. The zero-order valence-corrected chi connectivity index (χ0v) is 14.7. The molecule has 0 radical (unpaired) electrons. The van der Waals surface area contributed by atoms with Crippen molar-refractivity contribution < 1.29 is 18.3 Å². The fourth-order valence-corrected chi connectivity index (χ4v) is 2.57. The SMILES string of the molecule is O=C(Nc1nncs1)c1ccc(NCc2cccc(OCC(F)F)c2)nc1. The molecule has 0 unspecified atom stereocenters. The van der Waals surface area contributed by atoms with Crippen LogP contribution in [0.3, 0.4) is 0 Å². The fraction of sp³-hybridized carbons (Fsp3) is 0.176. The van der Waals surface area contributed by atoms with Crippen molar-refractivity contribution in [1.82, 2.24) is 15.2 Å². The molecule has 3 aromatic rings. The number of nitrogens with one attached hydrogen (secondary N) is 2. The summed E-state index contributed by atoms with van der Waals surface area (Å²) in [6, 6.07) is 10.2. The maximum atomic E-state index is 12.2. The van der Waals surface area contributed by atoms with E-state index in [2.05, 4.69) is 25.8 Å². The van der Waals surface area contributed by atoms with Crippen molar-refractivity contribution in [2.75, 3.05) is 17.2 Å². The molecule has 140 valence electrons. The molecular formula is C17H15F2N5O2S. The Labute approximate surface area is 157 Å². The molecule has 0 aliphatic carbocycles. The number of alkyl halides is 2. The second kappa shape index (κ2) is 8.99. The van der Waals surface area contributed by atoms with E-state index in [0.29, 0.717) is 28.8 Å². The average Bonchev–Trinajstić information content (AvgIpc) is 3.18. The number of anilines is 2. The molecule has 2 heterocycles. The molecule has 0 atom stereocenters. The van der Waals surface area contributed by atoms with Gasteiger partial charge in [0.05, 0.1) is 5.56 Å². The van der Waals surface area contributed by atoms with Gasteiger partial charge in [0, 0.05) is 12.7 Å². The van der Waals surface area contributed by atoms with Gasteiger partial charge in [-0.1, -0.05) is 23.5 Å². The summed E-state index contributed by atoms with van der Waals surface area (Å²) in [5.74, 6) is 0.627. The van der Waals surface area contributed by atoms with E-state index in [4.69, 9.17) is 4.74 Å². The highest BCUT2D eigenvalue weighted by atomic mass is 32.1. The number of nitrogens with zero attached hydrogens (tertiary/aromatic N) is 3. The van der Waals surface area contributed by atoms with E-state index in [1.54, 1.807) is 30.3 Å². The molecule has 0 aliphatic heterocycles. The number of ether oxygens (including phenoxy) is 1. The Morgan fingerprint density at radius 1 is 1.26 bits per heavy atom. The van der Waals surface area contributed by atoms with Gasteiger partial charge in [-0.25, -0.2) is 13.8 Å². The molecule has 2 N–H and O–H groups in total. The van der Waals surface area contributed by atoms with Crippen LogP contribution in [-0.4, -0.2) is 34.1 Å². The first-order valence-electron chi connectivity index (χ1n) is 7.87. The van der Waals surface area contributed by atoms with E-state index in [9.17, 15) is 13.6 Å². The maximum absolute atomic E-state index is 12.2. The Balaban J connectivity index is 1.54. The quantitative estimate of drug-likeness (QED) is 0.612. The van der Waals surface area contributed by atoms with Gasteiger partial charge in [0.1, 0.15) is 23.7 Å². The minimum Gasteiger partial charge on any atom is -0.488 e. The first-order chi connectivity index (χ1) is 13.1. The lowest BCUT2D eigenvalue weighted by atomic mass is 10.2. The molecular weight excluding hydrogens is 376 g/mol. The van der Waals surface area contributed by atoms with Gasteiger partial charge in [-0.15, -0.1) is 10.2 Å². The molecule has 1 amide bonds. The summed E-state index contributed by atoms with van der Waals surface area (Å²) in [5.41, 5.74) is 2.76. The summed E-state index contributed by atoms with van der Waals surface area (Å²) < 4.78 is 29.4. The normalized spacial score (nSPS) is 10.6. The molecule has 0 fully saturated rings. The second-order valence-electron chi connectivity index (χ2n) is 5.33. The van der Waals surface area contributed by atoms with Crippen LogP contribution in [0.4, 0.5) is 19.7 Å². The predicted molar refractivity (Wildman–Crippen MR) is 97.4 cm³/mol. The largest absolute Gasteiger partial charge is 0.488 e. The smallest absolute Gasteiger partial charge is 0.272 e. The summed E-state index contributed by atoms with van der Waals surface area (Å²) in [4.78, 5) is 16.2. The highest BCUT2D eigenvalue weighted by molar-refractivity contribution is 7.13. The van der Waals surface area contributed by atoms with Crippen molar-refractivity contribution in [1.29, 1.82) is 0 Å². The van der Waals surface area contributed by atoms with Crippen LogP contribution >= 0.6 is 11.3 Å². The van der Waals surface area contributed by atoms with E-state index in [1.807, 2.05) is 6.07 Å². The zero-order valence-electron chi connectivity index (χ0n) is 13.9. The second-order valence-corrected chi connectivity index (χ2v) is 6.17. The van der Waals surface area contributed by atoms with E-state index in [1.165, 1.54) is 23.0 Å². The van der Waals surface area contributed by atoms with Gasteiger partial charge >= 0.3 is 0 Å². The van der Waals surface area contributed by atoms with Crippen molar-refractivity contribution in [3.63, 3.8) is 0 Å². The van der Waals surface area contributed by atoms with Gasteiger partial charge in [0.15, 0.2) is 0 Å². The molecule has 3 rings (SSSR count). The van der Waals surface area contributed by atoms with Crippen molar-refractivity contribution in [2.45, 2.75) is 13.0 Å². The van der Waals surface area contributed by atoms with Gasteiger partial charge in [0.2, 0.25) is 5.13 Å². The molecule has 0 bridgehead atoms. The summed E-state index contributed by atoms with van der Waals surface area (Å²) in [7, 11) is 0. The van der Waals surface area contributed by atoms with Crippen LogP contribution in [-0.2, 0) is 6.54 Å². The van der Waals surface area contributed by atoms with Gasteiger partial charge in [0.25, 0.3) is 12.3 Å². The van der Waals surface area contributed by atoms with Crippen LogP contribution in [0.5, 0.6) is 5.75 Å². The standard InChI is InChI=1S/C17H15F2N5O2S/c18-14(19)9-26-13-3-1-2-11(6-13)7-20-15-5-4-12(8-21-15)16(25)23-17-24-22-10-27-17/h1-6,8,10,14H,7,9H2,(H,20,21)(H,23,24,25). The highest BCUT2D eigenvalue weighted by Gasteiger charge is 2.09. The first-order valence-corrected chi connectivity index (χ1v) is 8.75. The van der Waals surface area contributed by atoms with Crippen molar-refractivity contribution >= 4 is 28.2 Å². The zero-order chi connectivity index (χ0) is 19.1. The van der Waals surface area contributed by atoms with Crippen LogP contribution in [0, 0.1) is 0 Å². The van der Waals surface area contributed by atoms with Crippen molar-refractivity contribution in [3.05, 3.63) is 59.2 Å². The van der Waals surface area contributed by atoms with Crippen LogP contribution < -0.4 is 15.4 Å².